The molecular weight excluding hydrogens is 337 g/mol. The van der Waals surface area contributed by atoms with Crippen molar-refractivity contribution in [3.05, 3.63) is 34.6 Å². The van der Waals surface area contributed by atoms with Crippen LogP contribution in [0.5, 0.6) is 0 Å². The van der Waals surface area contributed by atoms with Gasteiger partial charge in [-0.3, -0.25) is 4.79 Å². The van der Waals surface area contributed by atoms with Gasteiger partial charge in [0.25, 0.3) is 0 Å². The normalized spacial score (nSPS) is 12.7. The zero-order valence-corrected chi connectivity index (χ0v) is 13.2. The van der Waals surface area contributed by atoms with Crippen LogP contribution in [0.25, 0.3) is 0 Å². The van der Waals surface area contributed by atoms with E-state index in [4.69, 9.17) is 16.7 Å². The van der Waals surface area contributed by atoms with E-state index in [2.05, 4.69) is 5.32 Å². The Bertz CT molecular complexity index is 677. The zero-order valence-electron chi connectivity index (χ0n) is 11.7. The van der Waals surface area contributed by atoms with E-state index in [-0.39, 0.29) is 16.3 Å². The smallest absolute Gasteiger partial charge is 0.330 e. The number of aliphatic carboxylic acids is 1. The van der Waals surface area contributed by atoms with E-state index in [1.807, 2.05) is 0 Å². The van der Waals surface area contributed by atoms with E-state index in [0.717, 1.165) is 12.1 Å². The molecule has 1 amide bonds. The third kappa shape index (κ3) is 5.27. The number of carboxylic acid groups (broad SMARTS) is 1. The molecule has 22 heavy (non-hydrogen) atoms. The van der Waals surface area contributed by atoms with Crippen LogP contribution in [-0.2, 0) is 19.4 Å². The van der Waals surface area contributed by atoms with Crippen molar-refractivity contribution in [2.24, 2.45) is 0 Å². The molecule has 1 atom stereocenters. The Morgan fingerprint density at radius 1 is 1.41 bits per heavy atom. The number of sulfone groups is 1. The Balaban J connectivity index is 2.91. The van der Waals surface area contributed by atoms with Gasteiger partial charge >= 0.3 is 5.97 Å². The topological polar surface area (TPSA) is 101 Å². The molecule has 1 rings (SSSR count). The molecule has 6 nitrogen and oxygen atoms in total. The van der Waals surface area contributed by atoms with Crippen molar-refractivity contribution in [2.45, 2.75) is 19.4 Å². The largest absolute Gasteiger partial charge is 0.479 e. The number of hydrogen-bond acceptors (Lipinski definition) is 4. The average Bonchev–Trinajstić information content (AvgIpc) is 2.38. The summed E-state index contributed by atoms with van der Waals surface area (Å²) in [7, 11) is -3.60. The fraction of sp³-hybridized carbons (Fsp3) is 0.385. The van der Waals surface area contributed by atoms with E-state index in [0.29, 0.717) is 6.42 Å². The van der Waals surface area contributed by atoms with E-state index in [9.17, 15) is 22.4 Å². The molecule has 0 saturated heterocycles. The lowest BCUT2D eigenvalue weighted by Crippen LogP contribution is -2.37. The molecule has 0 fully saturated rings. The minimum atomic E-state index is -3.60. The fourth-order valence-corrected chi connectivity index (χ4v) is 3.13. The van der Waals surface area contributed by atoms with Crippen LogP contribution in [0.15, 0.2) is 18.2 Å². The maximum absolute atomic E-state index is 13.4. The molecule has 0 aliphatic rings. The van der Waals surface area contributed by atoms with Crippen LogP contribution in [0.1, 0.15) is 24.9 Å². The van der Waals surface area contributed by atoms with Crippen molar-refractivity contribution < 1.29 is 27.5 Å². The molecule has 1 aromatic rings. The number of halogens is 2. The second-order valence-electron chi connectivity index (χ2n) is 4.60. The van der Waals surface area contributed by atoms with Gasteiger partial charge in [-0.05, 0) is 24.1 Å². The fourth-order valence-electron chi connectivity index (χ4n) is 1.77. The Hall–Kier alpha value is -1.67. The molecular formula is C13H15ClFNO5S. The van der Waals surface area contributed by atoms with Gasteiger partial charge in [0.05, 0.1) is 10.8 Å². The highest BCUT2D eigenvalue weighted by atomic mass is 35.5. The molecule has 2 N–H and O–H groups in total. The summed E-state index contributed by atoms with van der Waals surface area (Å²) in [5.74, 6) is -4.23. The summed E-state index contributed by atoms with van der Waals surface area (Å²) in [6, 6.07) is 1.71. The summed E-state index contributed by atoms with van der Waals surface area (Å²) in [4.78, 5) is 22.9. The first kappa shape index (κ1) is 18.4. The second kappa shape index (κ2) is 7.55. The van der Waals surface area contributed by atoms with Crippen LogP contribution in [0.2, 0.25) is 5.02 Å². The van der Waals surface area contributed by atoms with Crippen molar-refractivity contribution in [1.29, 1.82) is 0 Å². The van der Waals surface area contributed by atoms with Gasteiger partial charge in [0.2, 0.25) is 5.91 Å². The summed E-state index contributed by atoms with van der Waals surface area (Å²) in [5.41, 5.74) is -0.0457. The number of carbonyl (C=O) groups excluding carboxylic acids is 1. The second-order valence-corrected chi connectivity index (χ2v) is 7.20. The van der Waals surface area contributed by atoms with Crippen molar-refractivity contribution >= 4 is 33.3 Å². The minimum Gasteiger partial charge on any atom is -0.479 e. The Labute approximate surface area is 132 Å². The summed E-state index contributed by atoms with van der Waals surface area (Å²) < 4.78 is 36.5. The predicted octanol–water partition coefficient (Wildman–Crippen LogP) is 1.55. The van der Waals surface area contributed by atoms with Gasteiger partial charge in [0, 0.05) is 0 Å². The number of rotatable bonds is 7. The summed E-state index contributed by atoms with van der Waals surface area (Å²) in [6.45, 7) is 1.64. The molecule has 0 aromatic heterocycles. The lowest BCUT2D eigenvalue weighted by molar-refractivity contribution is -0.141. The van der Waals surface area contributed by atoms with E-state index in [1.54, 1.807) is 6.92 Å². The molecule has 0 spiro atoms. The number of nitrogens with one attached hydrogen (secondary N) is 1. The number of carbonyl (C=O) groups is 2. The maximum Gasteiger partial charge on any atom is 0.330 e. The number of carboxylic acids is 1. The molecule has 122 valence electrons. The van der Waals surface area contributed by atoms with Gasteiger partial charge in [0.15, 0.2) is 15.9 Å². The molecule has 1 unspecified atom stereocenters. The molecule has 1 aromatic carbocycles. The first-order valence-electron chi connectivity index (χ1n) is 6.34. The van der Waals surface area contributed by atoms with Gasteiger partial charge < -0.3 is 10.4 Å². The summed E-state index contributed by atoms with van der Waals surface area (Å²) in [5, 5.41) is 11.0. The highest BCUT2D eigenvalue weighted by molar-refractivity contribution is 7.92. The SMILES string of the molecule is CCCS(=O)(=O)CC(=O)NC(C(=O)O)c1ccc(Cl)c(F)c1. The molecule has 9 heteroatoms. The van der Waals surface area contributed by atoms with Gasteiger partial charge in [-0.25, -0.2) is 17.6 Å². The van der Waals surface area contributed by atoms with Crippen molar-refractivity contribution in [2.75, 3.05) is 11.5 Å². The molecule has 0 aliphatic heterocycles. The summed E-state index contributed by atoms with van der Waals surface area (Å²) >= 11 is 5.50. The summed E-state index contributed by atoms with van der Waals surface area (Å²) in [6.07, 6.45) is 0.348. The first-order chi connectivity index (χ1) is 10.2. The molecule has 0 heterocycles. The highest BCUT2D eigenvalue weighted by Crippen LogP contribution is 2.20. The highest BCUT2D eigenvalue weighted by Gasteiger charge is 2.25. The monoisotopic (exact) mass is 351 g/mol. The van der Waals surface area contributed by atoms with Crippen LogP contribution >= 0.6 is 11.6 Å². The lowest BCUT2D eigenvalue weighted by Gasteiger charge is -2.15. The van der Waals surface area contributed by atoms with Crippen LogP contribution in [-0.4, -0.2) is 36.9 Å². The minimum absolute atomic E-state index is 0.0457. The molecule has 0 aliphatic carbocycles. The molecule has 0 bridgehead atoms. The van der Waals surface area contributed by atoms with Gasteiger partial charge in [0.1, 0.15) is 11.6 Å². The van der Waals surface area contributed by atoms with Gasteiger partial charge in [-0.15, -0.1) is 0 Å². The van der Waals surface area contributed by atoms with Crippen LogP contribution < -0.4 is 5.32 Å². The standard InChI is InChI=1S/C13H15ClFNO5S/c1-2-5-22(20,21)7-11(17)16-12(13(18)19)8-3-4-9(14)10(15)6-8/h3-4,6,12H,2,5,7H2,1H3,(H,16,17)(H,18,19). The first-order valence-corrected chi connectivity index (χ1v) is 8.53. The van der Waals surface area contributed by atoms with Crippen LogP contribution in [0, 0.1) is 5.82 Å². The Morgan fingerprint density at radius 2 is 2.05 bits per heavy atom. The average molecular weight is 352 g/mol. The van der Waals surface area contributed by atoms with Gasteiger partial charge in [-0.1, -0.05) is 24.6 Å². The van der Waals surface area contributed by atoms with E-state index >= 15 is 0 Å². The van der Waals surface area contributed by atoms with Gasteiger partial charge in [-0.2, -0.15) is 0 Å². The third-order valence-electron chi connectivity index (χ3n) is 2.70. The third-order valence-corrected chi connectivity index (χ3v) is 4.73. The Morgan fingerprint density at radius 3 is 2.55 bits per heavy atom. The van der Waals surface area contributed by atoms with Crippen LogP contribution in [0.4, 0.5) is 4.39 Å². The predicted molar refractivity (Wildman–Crippen MR) is 78.9 cm³/mol. The lowest BCUT2D eigenvalue weighted by atomic mass is 10.1. The number of hydrogen-bond donors (Lipinski definition) is 2. The van der Waals surface area contributed by atoms with Crippen molar-refractivity contribution in [1.82, 2.24) is 5.32 Å². The van der Waals surface area contributed by atoms with Crippen molar-refractivity contribution in [3.8, 4) is 0 Å². The Kier molecular flexibility index (Phi) is 6.31. The number of amides is 1. The maximum atomic E-state index is 13.4. The number of benzene rings is 1. The zero-order chi connectivity index (χ0) is 16.9. The van der Waals surface area contributed by atoms with E-state index < -0.39 is 39.3 Å². The van der Waals surface area contributed by atoms with E-state index in [1.165, 1.54) is 6.07 Å². The quantitative estimate of drug-likeness (QED) is 0.776. The van der Waals surface area contributed by atoms with Crippen molar-refractivity contribution in [3.63, 3.8) is 0 Å². The molecule has 0 saturated carbocycles. The van der Waals surface area contributed by atoms with Crippen LogP contribution in [0.3, 0.4) is 0 Å². The molecule has 0 radical (unpaired) electrons.